The second-order valence-corrected chi connectivity index (χ2v) is 8.84. The molecule has 5 rings (SSSR count). The Morgan fingerprint density at radius 3 is 2.90 bits per heavy atom. The van der Waals surface area contributed by atoms with E-state index in [1.807, 2.05) is 0 Å². The Hall–Kier alpha value is -1.89. The number of nitrogens with zero attached hydrogens (tertiary/aromatic N) is 1. The summed E-state index contributed by atoms with van der Waals surface area (Å²) in [5.74, 6) is 0.0283. The second kappa shape index (κ2) is 8.09. The quantitative estimate of drug-likeness (QED) is 0.814. The highest BCUT2D eigenvalue weighted by molar-refractivity contribution is 5.83. The number of benzene rings is 1. The zero-order chi connectivity index (χ0) is 19.7. The number of carbonyl (C=O) groups is 1. The van der Waals surface area contributed by atoms with Crippen LogP contribution >= 0.6 is 0 Å². The van der Waals surface area contributed by atoms with Crippen LogP contribution in [0.3, 0.4) is 0 Å². The van der Waals surface area contributed by atoms with Crippen molar-refractivity contribution in [1.82, 2.24) is 15.2 Å². The van der Waals surface area contributed by atoms with Crippen LogP contribution in [0, 0.1) is 0 Å². The zero-order valence-electron chi connectivity index (χ0n) is 17.0. The number of aromatic nitrogens is 1. The Kier molecular flexibility index (Phi) is 5.33. The molecule has 4 heterocycles. The van der Waals surface area contributed by atoms with Crippen molar-refractivity contribution in [1.29, 1.82) is 0 Å². The minimum atomic E-state index is -0.252. The molecule has 3 aliphatic rings. The maximum Gasteiger partial charge on any atom is 0.249 e. The number of amides is 1. The van der Waals surface area contributed by atoms with Gasteiger partial charge in [0.15, 0.2) is 0 Å². The molecule has 6 heteroatoms. The first-order valence-electron chi connectivity index (χ1n) is 11.1. The molecule has 1 aromatic heterocycles. The van der Waals surface area contributed by atoms with Crippen LogP contribution in [-0.2, 0) is 20.8 Å². The molecule has 0 aliphatic carbocycles. The van der Waals surface area contributed by atoms with Gasteiger partial charge in [-0.25, -0.2) is 0 Å². The molecule has 3 aliphatic heterocycles. The number of fused-ring (bicyclic) bond motifs is 1. The van der Waals surface area contributed by atoms with Gasteiger partial charge in [0, 0.05) is 49.9 Å². The number of rotatable bonds is 5. The topological polar surface area (TPSA) is 66.6 Å². The van der Waals surface area contributed by atoms with E-state index < -0.39 is 0 Å². The van der Waals surface area contributed by atoms with Crippen molar-refractivity contribution in [3.8, 4) is 0 Å². The van der Waals surface area contributed by atoms with E-state index in [2.05, 4.69) is 45.7 Å². The van der Waals surface area contributed by atoms with E-state index in [-0.39, 0.29) is 23.7 Å². The Morgan fingerprint density at radius 2 is 2.07 bits per heavy atom. The van der Waals surface area contributed by atoms with Gasteiger partial charge < -0.3 is 19.8 Å². The Bertz CT molecular complexity index is 850. The van der Waals surface area contributed by atoms with Gasteiger partial charge in [0.2, 0.25) is 5.91 Å². The molecule has 0 radical (unpaired) electrons. The molecule has 2 N–H and O–H groups in total. The molecule has 1 spiro atoms. The number of ether oxygens (including phenoxy) is 2. The van der Waals surface area contributed by atoms with E-state index in [1.165, 1.54) is 16.5 Å². The fourth-order valence-corrected chi connectivity index (χ4v) is 5.14. The van der Waals surface area contributed by atoms with E-state index >= 15 is 0 Å². The lowest BCUT2D eigenvalue weighted by Crippen LogP contribution is -2.45. The molecule has 1 amide bonds. The van der Waals surface area contributed by atoms with Crippen LogP contribution < -0.4 is 5.32 Å². The number of aromatic amines is 1. The third-order valence-electron chi connectivity index (χ3n) is 6.90. The van der Waals surface area contributed by atoms with Crippen molar-refractivity contribution in [3.05, 3.63) is 36.0 Å². The average Bonchev–Trinajstić information content (AvgIpc) is 3.49. The molecular formula is C23H31N3O3. The summed E-state index contributed by atoms with van der Waals surface area (Å²) in [4.78, 5) is 18.1. The van der Waals surface area contributed by atoms with E-state index in [0.29, 0.717) is 13.2 Å². The number of piperidine rings is 1. The van der Waals surface area contributed by atoms with Crippen LogP contribution in [0.2, 0.25) is 0 Å². The lowest BCUT2D eigenvalue weighted by Gasteiger charge is -2.39. The maximum atomic E-state index is 12.2. The zero-order valence-corrected chi connectivity index (χ0v) is 17.0. The van der Waals surface area contributed by atoms with Gasteiger partial charge in [0.1, 0.15) is 6.10 Å². The van der Waals surface area contributed by atoms with E-state index in [0.717, 1.165) is 58.2 Å². The maximum absolute atomic E-state index is 12.2. The minimum absolute atomic E-state index is 0.00989. The average molecular weight is 398 g/mol. The summed E-state index contributed by atoms with van der Waals surface area (Å²) in [5, 5.41) is 4.37. The number of H-pyrrole nitrogens is 1. The third kappa shape index (κ3) is 4.06. The first kappa shape index (κ1) is 19.1. The lowest BCUT2D eigenvalue weighted by molar-refractivity contribution is -0.131. The molecule has 1 aromatic carbocycles. The van der Waals surface area contributed by atoms with Crippen LogP contribution in [-0.4, -0.2) is 59.8 Å². The van der Waals surface area contributed by atoms with Crippen molar-refractivity contribution >= 4 is 16.8 Å². The van der Waals surface area contributed by atoms with Crippen molar-refractivity contribution in [2.45, 2.75) is 62.9 Å². The molecule has 0 saturated carbocycles. The minimum Gasteiger partial charge on any atom is -0.370 e. The van der Waals surface area contributed by atoms with E-state index in [1.54, 1.807) is 0 Å². The Labute approximate surface area is 171 Å². The lowest BCUT2D eigenvalue weighted by atomic mass is 9.88. The molecule has 3 fully saturated rings. The first-order valence-corrected chi connectivity index (χ1v) is 11.1. The first-order chi connectivity index (χ1) is 14.2. The van der Waals surface area contributed by atoms with Gasteiger partial charge in [-0.15, -0.1) is 0 Å². The highest BCUT2D eigenvalue weighted by Gasteiger charge is 2.42. The van der Waals surface area contributed by atoms with Crippen molar-refractivity contribution in [2.24, 2.45) is 0 Å². The van der Waals surface area contributed by atoms with Crippen LogP contribution in [0.1, 0.15) is 44.1 Å². The summed E-state index contributed by atoms with van der Waals surface area (Å²) < 4.78 is 11.9. The molecule has 29 heavy (non-hydrogen) atoms. The third-order valence-corrected chi connectivity index (χ3v) is 6.90. The van der Waals surface area contributed by atoms with Crippen LogP contribution in [0.25, 0.3) is 10.9 Å². The van der Waals surface area contributed by atoms with Crippen LogP contribution in [0.4, 0.5) is 0 Å². The van der Waals surface area contributed by atoms with Crippen molar-refractivity contribution in [2.75, 3.05) is 26.2 Å². The molecule has 2 atom stereocenters. The Morgan fingerprint density at radius 1 is 1.21 bits per heavy atom. The fraction of sp³-hybridized carbons (Fsp3) is 0.609. The van der Waals surface area contributed by atoms with Gasteiger partial charge in [0.25, 0.3) is 0 Å². The highest BCUT2D eigenvalue weighted by Crippen LogP contribution is 2.39. The molecule has 3 saturated heterocycles. The predicted molar refractivity (Wildman–Crippen MR) is 112 cm³/mol. The summed E-state index contributed by atoms with van der Waals surface area (Å²) in [5.41, 5.74) is 2.59. The van der Waals surface area contributed by atoms with E-state index in [4.69, 9.17) is 9.47 Å². The van der Waals surface area contributed by atoms with Gasteiger partial charge in [-0.2, -0.15) is 0 Å². The Balaban J connectivity index is 1.10. The number of carbonyl (C=O) groups excluding carboxylic acids is 1. The van der Waals surface area contributed by atoms with Gasteiger partial charge in [-0.3, -0.25) is 9.69 Å². The predicted octanol–water partition coefficient (Wildman–Crippen LogP) is 2.98. The second-order valence-electron chi connectivity index (χ2n) is 8.84. The number of hydrogen-bond acceptors (Lipinski definition) is 4. The molecular weight excluding hydrogens is 366 g/mol. The summed E-state index contributed by atoms with van der Waals surface area (Å²) in [7, 11) is 0. The molecule has 0 bridgehead atoms. The summed E-state index contributed by atoms with van der Waals surface area (Å²) in [6.45, 7) is 4.43. The summed E-state index contributed by atoms with van der Waals surface area (Å²) >= 11 is 0. The van der Waals surface area contributed by atoms with Gasteiger partial charge in [-0.1, -0.05) is 18.2 Å². The normalized spacial score (nSPS) is 27.0. The van der Waals surface area contributed by atoms with Gasteiger partial charge in [0.05, 0.1) is 11.7 Å². The number of para-hydroxylation sites is 1. The molecule has 2 aromatic rings. The largest absolute Gasteiger partial charge is 0.370 e. The summed E-state index contributed by atoms with van der Waals surface area (Å²) in [6.07, 6.45) is 8.15. The van der Waals surface area contributed by atoms with Gasteiger partial charge >= 0.3 is 0 Å². The number of hydrogen-bond donors (Lipinski definition) is 2. The van der Waals surface area contributed by atoms with Gasteiger partial charge in [-0.05, 0) is 50.2 Å². The van der Waals surface area contributed by atoms with Crippen LogP contribution in [0.5, 0.6) is 0 Å². The monoisotopic (exact) mass is 397 g/mol. The summed E-state index contributed by atoms with van der Waals surface area (Å²) in [6, 6.07) is 8.51. The molecule has 6 nitrogen and oxygen atoms in total. The van der Waals surface area contributed by atoms with E-state index in [9.17, 15) is 4.79 Å². The SMILES string of the molecule is O=C(NCC1CCC2(CCN(Cc3c[nH]c4ccccc34)CC2)O1)C1CCCO1. The van der Waals surface area contributed by atoms with Crippen molar-refractivity contribution in [3.63, 3.8) is 0 Å². The smallest absolute Gasteiger partial charge is 0.249 e. The fourth-order valence-electron chi connectivity index (χ4n) is 5.14. The number of nitrogens with one attached hydrogen (secondary N) is 2. The number of likely N-dealkylation sites (tertiary alicyclic amines) is 1. The van der Waals surface area contributed by atoms with Crippen LogP contribution in [0.15, 0.2) is 30.5 Å². The highest BCUT2D eigenvalue weighted by atomic mass is 16.5. The molecule has 2 unspecified atom stereocenters. The standard InChI is InChI=1S/C23H31N3O3/c27-22(21-6-3-13-28-21)25-15-18-7-8-23(29-18)9-11-26(12-10-23)16-17-14-24-20-5-2-1-4-19(17)20/h1-2,4-5,14,18,21,24H,3,6-13,15-16H2,(H,25,27). The van der Waals surface area contributed by atoms with Crippen molar-refractivity contribution < 1.29 is 14.3 Å². The molecule has 156 valence electrons.